The Morgan fingerprint density at radius 3 is 2.62 bits per heavy atom. The topological polar surface area (TPSA) is 76.1 Å². The standard InChI is InChI=1S/C16H28N4O2S2/c1-15(2)9-11(10-16(3,4)20-15)8-12(21)17-13-18-19-14(24-13)23-7-6-22-5/h11,20H,6-10H2,1-5H3,(H,17,18,21). The average Bonchev–Trinajstić information content (AvgIpc) is 2.82. The highest BCUT2D eigenvalue weighted by atomic mass is 32.2. The molecule has 0 spiro atoms. The van der Waals surface area contributed by atoms with Crippen LogP contribution in [0.15, 0.2) is 4.34 Å². The molecule has 24 heavy (non-hydrogen) atoms. The second-order valence-electron chi connectivity index (χ2n) is 7.63. The van der Waals surface area contributed by atoms with Gasteiger partial charge in [0.15, 0.2) is 4.34 Å². The lowest BCUT2D eigenvalue weighted by molar-refractivity contribution is -0.117. The van der Waals surface area contributed by atoms with E-state index < -0.39 is 0 Å². The molecule has 1 amide bonds. The number of nitrogens with zero attached hydrogens (tertiary/aromatic N) is 2. The van der Waals surface area contributed by atoms with Gasteiger partial charge in [-0.3, -0.25) is 4.79 Å². The number of nitrogens with one attached hydrogen (secondary N) is 2. The van der Waals surface area contributed by atoms with Crippen molar-refractivity contribution in [2.24, 2.45) is 5.92 Å². The van der Waals surface area contributed by atoms with Crippen LogP contribution in [0.3, 0.4) is 0 Å². The molecule has 1 saturated heterocycles. The SMILES string of the molecule is COCCSc1nnc(NC(=O)CC2CC(C)(C)NC(C)(C)C2)s1. The Labute approximate surface area is 152 Å². The van der Waals surface area contributed by atoms with Crippen molar-refractivity contribution in [2.45, 2.75) is 62.4 Å². The van der Waals surface area contributed by atoms with Crippen LogP contribution in [0.2, 0.25) is 0 Å². The summed E-state index contributed by atoms with van der Waals surface area (Å²) in [5.41, 5.74) is 0.112. The number of rotatable bonds is 7. The number of piperidine rings is 1. The predicted octanol–water partition coefficient (Wildman–Crippen LogP) is 3.16. The first-order valence-corrected chi connectivity index (χ1v) is 10.0. The van der Waals surface area contributed by atoms with E-state index in [9.17, 15) is 4.79 Å². The number of ether oxygens (including phenoxy) is 1. The van der Waals surface area contributed by atoms with Crippen LogP contribution < -0.4 is 10.6 Å². The van der Waals surface area contributed by atoms with Gasteiger partial charge in [0.25, 0.3) is 0 Å². The van der Waals surface area contributed by atoms with Gasteiger partial charge in [-0.15, -0.1) is 10.2 Å². The minimum atomic E-state index is 0.0260. The van der Waals surface area contributed by atoms with Gasteiger partial charge in [0.05, 0.1) is 6.61 Å². The molecule has 1 aromatic rings. The van der Waals surface area contributed by atoms with E-state index >= 15 is 0 Å². The van der Waals surface area contributed by atoms with E-state index in [1.165, 1.54) is 11.3 Å². The Hall–Kier alpha value is -0.700. The number of methoxy groups -OCH3 is 1. The molecule has 2 rings (SSSR count). The fourth-order valence-corrected chi connectivity index (χ4v) is 5.38. The summed E-state index contributed by atoms with van der Waals surface area (Å²) in [5, 5.41) is 15.3. The van der Waals surface area contributed by atoms with Crippen molar-refractivity contribution in [1.29, 1.82) is 0 Å². The molecule has 8 heteroatoms. The number of anilines is 1. The Kier molecular flexibility index (Phi) is 6.64. The molecule has 136 valence electrons. The van der Waals surface area contributed by atoms with Gasteiger partial charge in [-0.25, -0.2) is 0 Å². The smallest absolute Gasteiger partial charge is 0.226 e. The summed E-state index contributed by atoms with van der Waals surface area (Å²) in [7, 11) is 1.68. The first kappa shape index (κ1) is 19.6. The Morgan fingerprint density at radius 2 is 2.00 bits per heavy atom. The minimum absolute atomic E-state index is 0.0260. The number of hydrogen-bond donors (Lipinski definition) is 2. The van der Waals surface area contributed by atoms with Crippen molar-refractivity contribution >= 4 is 34.1 Å². The van der Waals surface area contributed by atoms with Gasteiger partial charge in [-0.1, -0.05) is 23.1 Å². The van der Waals surface area contributed by atoms with Gasteiger partial charge in [-0.2, -0.15) is 0 Å². The van der Waals surface area contributed by atoms with Crippen LogP contribution >= 0.6 is 23.1 Å². The molecule has 1 aliphatic rings. The van der Waals surface area contributed by atoms with Gasteiger partial charge >= 0.3 is 0 Å². The van der Waals surface area contributed by atoms with Gasteiger partial charge in [0, 0.05) is 30.4 Å². The minimum Gasteiger partial charge on any atom is -0.384 e. The third kappa shape index (κ3) is 6.31. The molecule has 0 aliphatic carbocycles. The number of hydrogen-bond acceptors (Lipinski definition) is 7. The highest BCUT2D eigenvalue weighted by Gasteiger charge is 2.38. The molecule has 2 heterocycles. The number of aromatic nitrogens is 2. The van der Waals surface area contributed by atoms with Crippen LogP contribution in [0.5, 0.6) is 0 Å². The first-order chi connectivity index (χ1) is 11.2. The third-order valence-electron chi connectivity index (χ3n) is 3.91. The second kappa shape index (κ2) is 8.12. The van der Waals surface area contributed by atoms with Crippen LogP contribution in [0, 0.1) is 5.92 Å². The molecule has 0 unspecified atom stereocenters. The van der Waals surface area contributed by atoms with Crippen molar-refractivity contribution in [3.63, 3.8) is 0 Å². The molecule has 0 atom stereocenters. The lowest BCUT2D eigenvalue weighted by Gasteiger charge is -2.46. The summed E-state index contributed by atoms with van der Waals surface area (Å²) in [6.07, 6.45) is 2.52. The molecule has 0 bridgehead atoms. The molecule has 6 nitrogen and oxygen atoms in total. The highest BCUT2D eigenvalue weighted by molar-refractivity contribution is 8.01. The van der Waals surface area contributed by atoms with Crippen LogP contribution in [-0.4, -0.2) is 46.7 Å². The highest BCUT2D eigenvalue weighted by Crippen LogP contribution is 2.35. The second-order valence-corrected chi connectivity index (χ2v) is 9.95. The van der Waals surface area contributed by atoms with E-state index in [0.29, 0.717) is 24.1 Å². The normalized spacial score (nSPS) is 20.0. The lowest BCUT2D eigenvalue weighted by Crippen LogP contribution is -2.58. The summed E-state index contributed by atoms with van der Waals surface area (Å²) in [6, 6.07) is 0. The molecule has 2 N–H and O–H groups in total. The summed E-state index contributed by atoms with van der Waals surface area (Å²) >= 11 is 3.00. The first-order valence-electron chi connectivity index (χ1n) is 8.23. The van der Waals surface area contributed by atoms with Crippen molar-refractivity contribution in [3.8, 4) is 0 Å². The summed E-state index contributed by atoms with van der Waals surface area (Å²) < 4.78 is 5.87. The number of carbonyl (C=O) groups is 1. The summed E-state index contributed by atoms with van der Waals surface area (Å²) in [6.45, 7) is 9.48. The zero-order valence-corrected chi connectivity index (χ0v) is 16.8. The molecule has 1 aromatic heterocycles. The van der Waals surface area contributed by atoms with Crippen molar-refractivity contribution in [1.82, 2.24) is 15.5 Å². The average molecular weight is 373 g/mol. The van der Waals surface area contributed by atoms with E-state index in [-0.39, 0.29) is 17.0 Å². The summed E-state index contributed by atoms with van der Waals surface area (Å²) in [5.74, 6) is 1.23. The van der Waals surface area contributed by atoms with Gasteiger partial charge in [0.2, 0.25) is 11.0 Å². The number of carbonyl (C=O) groups excluding carboxylic acids is 1. The monoisotopic (exact) mass is 372 g/mol. The van der Waals surface area contributed by atoms with Crippen LogP contribution in [0.4, 0.5) is 5.13 Å². The molecular formula is C16H28N4O2S2. The van der Waals surface area contributed by atoms with Crippen molar-refractivity contribution in [2.75, 3.05) is 24.8 Å². The molecule has 0 saturated carbocycles. The van der Waals surface area contributed by atoms with Crippen LogP contribution in [-0.2, 0) is 9.53 Å². The van der Waals surface area contributed by atoms with Crippen LogP contribution in [0.1, 0.15) is 47.0 Å². The molecule has 1 aliphatic heterocycles. The maximum atomic E-state index is 12.4. The quantitative estimate of drug-likeness (QED) is 0.435. The van der Waals surface area contributed by atoms with E-state index in [0.717, 1.165) is 22.9 Å². The zero-order valence-electron chi connectivity index (χ0n) is 15.1. The molecule has 0 aromatic carbocycles. The molecule has 1 fully saturated rings. The number of amides is 1. The van der Waals surface area contributed by atoms with E-state index in [2.05, 4.69) is 48.5 Å². The lowest BCUT2D eigenvalue weighted by atomic mass is 9.74. The largest absolute Gasteiger partial charge is 0.384 e. The maximum absolute atomic E-state index is 12.4. The van der Waals surface area contributed by atoms with Gasteiger partial charge in [0.1, 0.15) is 0 Å². The van der Waals surface area contributed by atoms with E-state index in [1.807, 2.05) is 0 Å². The molecule has 0 radical (unpaired) electrons. The van der Waals surface area contributed by atoms with E-state index in [4.69, 9.17) is 4.74 Å². The third-order valence-corrected chi connectivity index (χ3v) is 5.85. The fraction of sp³-hybridized carbons (Fsp3) is 0.812. The predicted molar refractivity (Wildman–Crippen MR) is 99.8 cm³/mol. The van der Waals surface area contributed by atoms with E-state index in [1.54, 1.807) is 18.9 Å². The van der Waals surface area contributed by atoms with Gasteiger partial charge in [-0.05, 0) is 46.5 Å². The summed E-state index contributed by atoms with van der Waals surface area (Å²) in [4.78, 5) is 12.4. The van der Waals surface area contributed by atoms with Gasteiger partial charge < -0.3 is 15.4 Å². The van der Waals surface area contributed by atoms with Crippen molar-refractivity contribution < 1.29 is 9.53 Å². The van der Waals surface area contributed by atoms with Crippen LogP contribution in [0.25, 0.3) is 0 Å². The fourth-order valence-electron chi connectivity index (χ4n) is 3.64. The maximum Gasteiger partial charge on any atom is 0.226 e. The Morgan fingerprint density at radius 1 is 1.33 bits per heavy atom. The number of thioether (sulfide) groups is 1. The zero-order chi connectivity index (χ0) is 17.8. The Bertz CT molecular complexity index is 544. The Balaban J connectivity index is 1.84. The van der Waals surface area contributed by atoms with Crippen molar-refractivity contribution in [3.05, 3.63) is 0 Å². The molecular weight excluding hydrogens is 344 g/mol.